The first kappa shape index (κ1) is 39.4. The van der Waals surface area contributed by atoms with Crippen LogP contribution in [0.5, 0.6) is 34.5 Å². The van der Waals surface area contributed by atoms with Crippen LogP contribution in [-0.4, -0.2) is 119 Å². The number of hydrogen-bond donors (Lipinski definition) is 2. The number of nitrogens with zero attached hydrogens (tertiary/aromatic N) is 4. The second kappa shape index (κ2) is 22.6. The third-order valence-electron chi connectivity index (χ3n) is 6.79. The van der Waals surface area contributed by atoms with Gasteiger partial charge in [-0.3, -0.25) is 18.4 Å². The molecule has 17 nitrogen and oxygen atoms in total. The Morgan fingerprint density at radius 3 is 1.39 bits per heavy atom. The number of hydrogen-bond acceptors (Lipinski definition) is 12. The summed E-state index contributed by atoms with van der Waals surface area (Å²) >= 11 is 0. The van der Waals surface area contributed by atoms with Crippen molar-refractivity contribution in [2.24, 2.45) is 0 Å². The molecule has 0 aliphatic carbocycles. The van der Waals surface area contributed by atoms with E-state index >= 15 is 0 Å². The fourth-order valence-electron chi connectivity index (χ4n) is 4.63. The van der Waals surface area contributed by atoms with Gasteiger partial charge in [-0.2, -0.15) is 17.6 Å². The molecule has 0 amide bonds. The zero-order chi connectivity index (χ0) is 42.4. The van der Waals surface area contributed by atoms with Gasteiger partial charge in [0.05, 0.1) is 103 Å². The van der Waals surface area contributed by atoms with Crippen molar-refractivity contribution in [2.75, 3.05) is 28.3 Å². The third-order valence-corrected chi connectivity index (χ3v) is 9.11. The van der Waals surface area contributed by atoms with E-state index in [4.69, 9.17) is 27.2 Å². The van der Waals surface area contributed by atoms with Crippen LogP contribution in [-0.2, 0) is 33.1 Å². The van der Waals surface area contributed by atoms with Gasteiger partial charge in [0.1, 0.15) is 11.5 Å². The topological polar surface area (TPSA) is 267 Å². The number of H-pyrrole nitrogens is 2. The molecule has 0 aliphatic heterocycles. The minimum Gasteiger partial charge on any atom is -0.493 e. The Bertz CT molecular complexity index is 2270. The Kier molecular flexibility index (Phi) is 15.9. The average Bonchev–Trinajstić information content (AvgIpc) is 3.75. The lowest BCUT2D eigenvalue weighted by Gasteiger charge is -2.10. The molecule has 0 fully saturated rings. The molecule has 0 bridgehead atoms. The van der Waals surface area contributed by atoms with E-state index in [1.54, 1.807) is 0 Å². The summed E-state index contributed by atoms with van der Waals surface area (Å²) in [6, 6.07) is 10.8. The molecule has 4 heterocycles. The lowest BCUT2D eigenvalue weighted by molar-refractivity contribution is -0.0504. The smallest absolute Gasteiger partial charge is 0.387 e. The summed E-state index contributed by atoms with van der Waals surface area (Å²) in [7, 11) is -6.22. The van der Waals surface area contributed by atoms with E-state index in [1.165, 1.54) is 75.1 Å². The first-order valence-corrected chi connectivity index (χ1v) is 17.0. The molecule has 8 N–H and O–H groups in total. The molecule has 6 aromatic rings. The predicted molar refractivity (Wildman–Crippen MR) is 197 cm³/mol. The number of alkyl halides is 4. The SMILES string of the molecule is O.O.O.[2H]C([2H])([2H])Oc1ccnc(C[S@](=O)c2nc3ccc(OC(F)F)cc3[nH]2)c1OC.[2H]C([2H])([2H])Oc1ccnc(C[S@](=O)c2nc3ccc(OC(F)F)cc3[nH]2)c1OC.[Mg]. The first-order valence-electron chi connectivity index (χ1n) is 17.4. The van der Waals surface area contributed by atoms with Crippen molar-refractivity contribution < 1.29 is 79.1 Å². The number of fused-ring (bicyclic) bond motifs is 2. The molecule has 0 saturated heterocycles. The van der Waals surface area contributed by atoms with Crippen LogP contribution in [0.4, 0.5) is 17.6 Å². The highest BCUT2D eigenvalue weighted by molar-refractivity contribution is 7.84. The molecule has 0 spiro atoms. The molecule has 6 rings (SSSR count). The number of pyridine rings is 2. The highest BCUT2D eigenvalue weighted by Crippen LogP contribution is 2.32. The maximum Gasteiger partial charge on any atom is 0.387 e. The van der Waals surface area contributed by atoms with Crippen LogP contribution in [0.1, 0.15) is 19.6 Å². The highest BCUT2D eigenvalue weighted by Gasteiger charge is 2.19. The van der Waals surface area contributed by atoms with Gasteiger partial charge in [0, 0.05) is 59.7 Å². The van der Waals surface area contributed by atoms with E-state index in [2.05, 4.69) is 39.4 Å². The van der Waals surface area contributed by atoms with Crippen molar-refractivity contribution in [3.8, 4) is 34.5 Å². The molecular weight excluding hydrogens is 809 g/mol. The minimum absolute atomic E-state index is 0. The summed E-state index contributed by atoms with van der Waals surface area (Å²) in [5.41, 5.74) is 1.96. The van der Waals surface area contributed by atoms with Gasteiger partial charge in [0.15, 0.2) is 33.3 Å². The van der Waals surface area contributed by atoms with Gasteiger partial charge in [-0.15, -0.1) is 0 Å². The number of benzene rings is 2. The molecule has 2 atom stereocenters. The Morgan fingerprint density at radius 1 is 0.661 bits per heavy atom. The first-order chi connectivity index (χ1) is 27.3. The van der Waals surface area contributed by atoms with E-state index in [-0.39, 0.29) is 107 Å². The normalized spacial score (nSPS) is 13.5. The maximum absolute atomic E-state index is 12.7. The Morgan fingerprint density at radius 2 is 1.05 bits per heavy atom. The summed E-state index contributed by atoms with van der Waals surface area (Å²) in [5.74, 6) is -0.469. The van der Waals surface area contributed by atoms with E-state index in [0.717, 1.165) is 0 Å². The summed E-state index contributed by atoms with van der Waals surface area (Å²) in [5, 5.41) is 0.167. The van der Waals surface area contributed by atoms with Crippen LogP contribution in [0.3, 0.4) is 0 Å². The third kappa shape index (κ3) is 12.1. The quantitative estimate of drug-likeness (QED) is 0.118. The summed E-state index contributed by atoms with van der Waals surface area (Å²) in [6.07, 6.45) is 2.62. The number of rotatable bonds is 14. The Labute approximate surface area is 344 Å². The predicted octanol–water partition coefficient (Wildman–Crippen LogP) is 2.91. The van der Waals surface area contributed by atoms with Crippen LogP contribution in [0.25, 0.3) is 22.1 Å². The highest BCUT2D eigenvalue weighted by atomic mass is 32.2. The molecule has 0 aliphatic rings. The molecule has 0 unspecified atom stereocenters. The van der Waals surface area contributed by atoms with E-state index < -0.39 is 48.9 Å². The van der Waals surface area contributed by atoms with Crippen LogP contribution in [0.2, 0.25) is 0 Å². The van der Waals surface area contributed by atoms with Gasteiger partial charge in [-0.05, 0) is 24.3 Å². The van der Waals surface area contributed by atoms with Gasteiger partial charge in [0.2, 0.25) is 0 Å². The fraction of sp³-hybridized carbons (Fsp3) is 0.250. The van der Waals surface area contributed by atoms with Crippen molar-refractivity contribution in [1.82, 2.24) is 29.9 Å². The zero-order valence-corrected chi connectivity index (χ0v) is 32.0. The number of halogens is 4. The lowest BCUT2D eigenvalue weighted by atomic mass is 10.3. The van der Waals surface area contributed by atoms with Gasteiger partial charge in [0.25, 0.3) is 0 Å². The molecule has 302 valence electrons. The number of nitrogens with one attached hydrogen (secondary N) is 2. The number of imidazole rings is 2. The number of ether oxygens (including phenoxy) is 6. The van der Waals surface area contributed by atoms with Gasteiger partial charge >= 0.3 is 13.2 Å². The van der Waals surface area contributed by atoms with Crippen molar-refractivity contribution in [3.05, 3.63) is 72.3 Å². The lowest BCUT2D eigenvalue weighted by Crippen LogP contribution is -2.04. The summed E-state index contributed by atoms with van der Waals surface area (Å²) < 4.78 is 147. The molecule has 24 heteroatoms. The number of methoxy groups -OCH3 is 4. The zero-order valence-electron chi connectivity index (χ0n) is 34.9. The summed E-state index contributed by atoms with van der Waals surface area (Å²) in [4.78, 5) is 22.1. The molecule has 56 heavy (non-hydrogen) atoms. The van der Waals surface area contributed by atoms with Crippen molar-refractivity contribution in [3.63, 3.8) is 0 Å². The van der Waals surface area contributed by atoms with Gasteiger partial charge in [-0.25, -0.2) is 9.97 Å². The second-order valence-corrected chi connectivity index (χ2v) is 12.7. The van der Waals surface area contributed by atoms with Crippen LogP contribution in [0, 0.1) is 0 Å². The van der Waals surface area contributed by atoms with Crippen LogP contribution >= 0.6 is 0 Å². The largest absolute Gasteiger partial charge is 0.493 e. The van der Waals surface area contributed by atoms with Crippen molar-refractivity contribution in [1.29, 1.82) is 0 Å². The van der Waals surface area contributed by atoms with Crippen LogP contribution in [0.15, 0.2) is 71.2 Å². The standard InChI is InChI=1S/2C16H15F2N3O4S.Mg.3H2O/c2*1-23-13-5-6-19-12(14(13)24-2)8-26(22)16-20-10-4-3-9(25-15(17)18)7-11(10)21-16;;;;/h2*3-7,15H,8H2,1-2H3,(H,20,21);;3*1H2/t2*26-;;;;/m00..../s1/i2*1D3;;;;. The Hall–Kier alpha value is -4.85. The molecule has 4 aromatic heterocycles. The molecular formula is C32H36F4MgN6O11S2. The van der Waals surface area contributed by atoms with E-state index in [1.807, 2.05) is 0 Å². The second-order valence-electron chi connectivity index (χ2n) is 9.96. The number of aromatic nitrogens is 6. The Balaban J connectivity index is 0.000000582. The van der Waals surface area contributed by atoms with E-state index in [9.17, 15) is 26.0 Å². The average molecular weight is 851 g/mol. The molecule has 0 saturated carbocycles. The van der Waals surface area contributed by atoms with Gasteiger partial charge in [-0.1, -0.05) is 0 Å². The van der Waals surface area contributed by atoms with Gasteiger partial charge < -0.3 is 54.8 Å². The number of aromatic amines is 2. The molecule has 2 radical (unpaired) electrons. The van der Waals surface area contributed by atoms with Crippen molar-refractivity contribution in [2.45, 2.75) is 35.0 Å². The fourth-order valence-corrected chi connectivity index (χ4v) is 6.66. The maximum atomic E-state index is 12.7. The van der Waals surface area contributed by atoms with Crippen LogP contribution < -0.4 is 28.4 Å². The minimum atomic E-state index is -2.97. The summed E-state index contributed by atoms with van der Waals surface area (Å²) in [6.45, 7) is -5.93. The van der Waals surface area contributed by atoms with Crippen molar-refractivity contribution >= 4 is 66.7 Å². The molecule has 2 aromatic carbocycles. The monoisotopic (exact) mass is 850 g/mol. The van der Waals surface area contributed by atoms with E-state index in [0.29, 0.717) is 22.1 Å².